The average Bonchev–Trinajstić information content (AvgIpc) is 2.67. The molecule has 1 heterocycles. The molecule has 0 aliphatic heterocycles. The maximum atomic E-state index is 6.16. The Hall–Kier alpha value is 0.460. The Morgan fingerprint density at radius 3 is 2.56 bits per heavy atom. The zero-order valence-electron chi connectivity index (χ0n) is 7.88. The topological polar surface area (TPSA) is 0 Å². The Morgan fingerprint density at radius 2 is 1.94 bits per heavy atom. The average molecular weight is 401 g/mol. The predicted octanol–water partition coefficient (Wildman–Crippen LogP) is 6.30. The van der Waals surface area contributed by atoms with Crippen LogP contribution in [0.5, 0.6) is 0 Å². The molecule has 2 rings (SSSR count). The van der Waals surface area contributed by atoms with Gasteiger partial charge >= 0.3 is 0 Å². The van der Waals surface area contributed by atoms with Crippen LogP contribution in [-0.2, 0) is 0 Å². The summed E-state index contributed by atoms with van der Waals surface area (Å²) in [4.78, 5) is 1.25. The van der Waals surface area contributed by atoms with Crippen LogP contribution in [0.3, 0.4) is 0 Å². The lowest BCUT2D eigenvalue weighted by Gasteiger charge is -2.11. The van der Waals surface area contributed by atoms with Crippen molar-refractivity contribution in [3.05, 3.63) is 54.6 Å². The summed E-state index contributed by atoms with van der Waals surface area (Å²) in [5.41, 5.74) is 0.984. The summed E-state index contributed by atoms with van der Waals surface area (Å²) in [6, 6.07) is 7.51. The van der Waals surface area contributed by atoms with Gasteiger partial charge in [0, 0.05) is 19.4 Å². The molecule has 1 aromatic carbocycles. The minimum Gasteiger partial charge on any atom is -0.146 e. The van der Waals surface area contributed by atoms with Gasteiger partial charge in [-0.3, -0.25) is 0 Å². The van der Waals surface area contributed by atoms with E-state index in [0.717, 1.165) is 10.0 Å². The van der Waals surface area contributed by atoms with Crippen LogP contribution in [0.4, 0.5) is 0 Å². The maximum Gasteiger partial charge on any atom is 0.0764 e. The van der Waals surface area contributed by atoms with Crippen LogP contribution >= 0.6 is 66.4 Å². The van der Waals surface area contributed by atoms with Crippen LogP contribution in [0, 0.1) is 0 Å². The fourth-order valence-electron chi connectivity index (χ4n) is 1.34. The Balaban J connectivity index is 2.45. The Kier molecular flexibility index (Phi) is 4.36. The molecule has 0 saturated heterocycles. The number of halogens is 4. The second kappa shape index (κ2) is 5.40. The summed E-state index contributed by atoms with van der Waals surface area (Å²) in [6.45, 7) is 0. The van der Waals surface area contributed by atoms with Gasteiger partial charge < -0.3 is 0 Å². The highest BCUT2D eigenvalue weighted by molar-refractivity contribution is 9.11. The second-order valence-electron chi connectivity index (χ2n) is 3.16. The lowest BCUT2D eigenvalue weighted by atomic mass is 10.1. The van der Waals surface area contributed by atoms with Crippen molar-refractivity contribution in [2.45, 2.75) is 4.83 Å². The molecule has 0 radical (unpaired) electrons. The van der Waals surface area contributed by atoms with Crippen molar-refractivity contribution in [3.63, 3.8) is 0 Å². The van der Waals surface area contributed by atoms with Crippen LogP contribution in [-0.4, -0.2) is 0 Å². The third-order valence-corrected chi connectivity index (χ3v) is 5.88. The van der Waals surface area contributed by atoms with Gasteiger partial charge in [-0.2, -0.15) is 0 Å². The number of hydrogen-bond donors (Lipinski definition) is 0. The van der Waals surface area contributed by atoms with E-state index in [0.29, 0.717) is 10.0 Å². The van der Waals surface area contributed by atoms with Gasteiger partial charge in [-0.15, -0.1) is 11.3 Å². The number of alkyl halides is 1. The molecule has 1 aromatic heterocycles. The van der Waals surface area contributed by atoms with Crippen molar-refractivity contribution < 1.29 is 0 Å². The van der Waals surface area contributed by atoms with Gasteiger partial charge in [-0.25, -0.2) is 0 Å². The molecular formula is C11H6Br2Cl2S. The van der Waals surface area contributed by atoms with E-state index in [9.17, 15) is 0 Å². The first-order valence-electron chi connectivity index (χ1n) is 4.41. The molecule has 16 heavy (non-hydrogen) atoms. The molecule has 0 N–H and O–H groups in total. The highest BCUT2D eigenvalue weighted by Gasteiger charge is 2.17. The summed E-state index contributed by atoms with van der Waals surface area (Å²) in [5, 5.41) is 3.44. The van der Waals surface area contributed by atoms with Crippen molar-refractivity contribution >= 4 is 66.4 Å². The summed E-state index contributed by atoms with van der Waals surface area (Å²) in [6.07, 6.45) is 0. The summed E-state index contributed by atoms with van der Waals surface area (Å²) >= 11 is 21.0. The third kappa shape index (κ3) is 2.65. The van der Waals surface area contributed by atoms with E-state index in [4.69, 9.17) is 23.2 Å². The number of thiophene rings is 1. The molecule has 1 unspecified atom stereocenters. The summed E-state index contributed by atoms with van der Waals surface area (Å²) in [7, 11) is 0. The summed E-state index contributed by atoms with van der Waals surface area (Å²) < 4.78 is 1.08. The summed E-state index contributed by atoms with van der Waals surface area (Å²) in [5.74, 6) is 0. The largest absolute Gasteiger partial charge is 0.146 e. The lowest BCUT2D eigenvalue weighted by molar-refractivity contribution is 1.21. The molecule has 0 bridgehead atoms. The van der Waals surface area contributed by atoms with Crippen molar-refractivity contribution in [3.8, 4) is 0 Å². The molecule has 0 aliphatic carbocycles. The van der Waals surface area contributed by atoms with E-state index >= 15 is 0 Å². The molecule has 5 heteroatoms. The van der Waals surface area contributed by atoms with E-state index in [-0.39, 0.29) is 4.83 Å². The zero-order valence-corrected chi connectivity index (χ0v) is 13.4. The second-order valence-corrected chi connectivity index (χ2v) is 6.72. The third-order valence-electron chi connectivity index (χ3n) is 2.11. The van der Waals surface area contributed by atoms with Gasteiger partial charge in [0.1, 0.15) is 0 Å². The first-order chi connectivity index (χ1) is 7.59. The normalized spacial score (nSPS) is 12.8. The van der Waals surface area contributed by atoms with Crippen molar-refractivity contribution in [2.75, 3.05) is 0 Å². The van der Waals surface area contributed by atoms with Crippen molar-refractivity contribution in [2.24, 2.45) is 0 Å². The molecule has 0 amide bonds. The quantitative estimate of drug-likeness (QED) is 0.519. The van der Waals surface area contributed by atoms with E-state index < -0.39 is 0 Å². The van der Waals surface area contributed by atoms with Gasteiger partial charge in [0.15, 0.2) is 0 Å². The fraction of sp³-hybridized carbons (Fsp3) is 0.0909. The van der Waals surface area contributed by atoms with Crippen LogP contribution in [0.25, 0.3) is 0 Å². The lowest BCUT2D eigenvalue weighted by Crippen LogP contribution is -1.91. The molecule has 0 fully saturated rings. The molecule has 1 atom stereocenters. The molecule has 0 spiro atoms. The van der Waals surface area contributed by atoms with Crippen molar-refractivity contribution in [1.82, 2.24) is 0 Å². The van der Waals surface area contributed by atoms with Crippen LogP contribution in [0.1, 0.15) is 15.3 Å². The molecule has 84 valence electrons. The highest BCUT2D eigenvalue weighted by atomic mass is 79.9. The Morgan fingerprint density at radius 1 is 1.19 bits per heavy atom. The smallest absolute Gasteiger partial charge is 0.0764 e. The standard InChI is InChI=1S/C11H6Br2Cl2S/c12-8-3-4-16-11(8)10(13)7-5-6(14)1-2-9(7)15/h1-5,10H. The molecular weight excluding hydrogens is 395 g/mol. The number of rotatable bonds is 2. The van der Waals surface area contributed by atoms with Gasteiger partial charge in [0.05, 0.1) is 4.83 Å². The van der Waals surface area contributed by atoms with E-state index in [2.05, 4.69) is 31.9 Å². The monoisotopic (exact) mass is 398 g/mol. The van der Waals surface area contributed by atoms with Crippen LogP contribution in [0.2, 0.25) is 10.0 Å². The van der Waals surface area contributed by atoms with Gasteiger partial charge in [-0.1, -0.05) is 39.1 Å². The number of benzene rings is 1. The van der Waals surface area contributed by atoms with E-state index in [1.54, 1.807) is 17.4 Å². The minimum absolute atomic E-state index is 0.0630. The Bertz CT molecular complexity index is 510. The van der Waals surface area contributed by atoms with Crippen LogP contribution < -0.4 is 0 Å². The molecule has 0 saturated carbocycles. The van der Waals surface area contributed by atoms with Gasteiger partial charge in [0.2, 0.25) is 0 Å². The zero-order chi connectivity index (χ0) is 11.7. The Labute approximate surface area is 125 Å². The molecule has 0 nitrogen and oxygen atoms in total. The molecule has 0 aliphatic rings. The highest BCUT2D eigenvalue weighted by Crippen LogP contribution is 2.42. The SMILES string of the molecule is Clc1ccc(Cl)c(C(Br)c2sccc2Br)c1. The predicted molar refractivity (Wildman–Crippen MR) is 79.3 cm³/mol. The first kappa shape index (κ1) is 12.9. The van der Waals surface area contributed by atoms with E-state index in [1.165, 1.54) is 4.88 Å². The molecule has 2 aromatic rings. The minimum atomic E-state index is 0.0630. The van der Waals surface area contributed by atoms with Crippen molar-refractivity contribution in [1.29, 1.82) is 0 Å². The maximum absolute atomic E-state index is 6.16. The first-order valence-corrected chi connectivity index (χ1v) is 7.76. The van der Waals surface area contributed by atoms with Gasteiger partial charge in [-0.05, 0) is 51.1 Å². The van der Waals surface area contributed by atoms with Crippen LogP contribution in [0.15, 0.2) is 34.1 Å². The fourth-order valence-corrected chi connectivity index (χ4v) is 4.73. The number of hydrogen-bond acceptors (Lipinski definition) is 1. The van der Waals surface area contributed by atoms with Gasteiger partial charge in [0.25, 0.3) is 0 Å². The van der Waals surface area contributed by atoms with E-state index in [1.807, 2.05) is 23.6 Å².